The molecule has 1 atom stereocenters. The number of piperidine rings is 1. The van der Waals surface area contributed by atoms with E-state index >= 15 is 0 Å². The van der Waals surface area contributed by atoms with Gasteiger partial charge in [0.2, 0.25) is 5.91 Å². The molecule has 1 unspecified atom stereocenters. The largest absolute Gasteiger partial charge is 0.334 e. The molecule has 180 valence electrons. The number of urea groups is 1. The molecule has 10 nitrogen and oxygen atoms in total. The molecule has 0 bridgehead atoms. The second-order valence-electron chi connectivity index (χ2n) is 8.41. The lowest BCUT2D eigenvalue weighted by molar-refractivity contribution is -0.136. The number of fused-ring (bicyclic) bond motifs is 1. The average Bonchev–Trinajstić information content (AvgIpc) is 2.89. The fourth-order valence-corrected chi connectivity index (χ4v) is 4.07. The van der Waals surface area contributed by atoms with Crippen molar-refractivity contribution in [3.8, 4) is 11.1 Å². The summed E-state index contributed by atoms with van der Waals surface area (Å²) in [6.07, 6.45) is 0.301. The summed E-state index contributed by atoms with van der Waals surface area (Å²) in [6.45, 7) is 0.171. The Morgan fingerprint density at radius 3 is 2.47 bits per heavy atom. The Morgan fingerprint density at radius 1 is 0.972 bits per heavy atom. The van der Waals surface area contributed by atoms with Gasteiger partial charge in [0, 0.05) is 18.7 Å². The second-order valence-corrected chi connectivity index (χ2v) is 8.41. The third-order valence-corrected chi connectivity index (χ3v) is 5.96. The fourth-order valence-electron chi connectivity index (χ4n) is 4.07. The number of benzene rings is 3. The Hall–Kier alpha value is -4.86. The van der Waals surface area contributed by atoms with E-state index in [2.05, 4.69) is 26.3 Å². The number of nitrogens with one attached hydrogen (secondary N) is 3. The van der Waals surface area contributed by atoms with E-state index in [0.29, 0.717) is 16.8 Å². The summed E-state index contributed by atoms with van der Waals surface area (Å²) in [7, 11) is 0. The molecule has 1 fully saturated rings. The molecule has 10 heteroatoms. The fraction of sp³-hybridized carbons (Fsp3) is 0.154. The van der Waals surface area contributed by atoms with Crippen LogP contribution in [-0.2, 0) is 16.1 Å². The lowest BCUT2D eigenvalue weighted by atomic mass is 10.1. The standard InChI is InChI=1S/C26H22N6O4/c33-23-13-12-22(24(34)29-23)32-25(35)20-14-16(6-11-21(20)30-31-32)15-27-26(36)28-19-9-7-18(8-10-19)17-4-2-1-3-5-17/h1-11,14,22H,12-13,15H2,(H2,27,28,36)(H,29,33,34). The van der Waals surface area contributed by atoms with E-state index in [1.165, 1.54) is 0 Å². The summed E-state index contributed by atoms with van der Waals surface area (Å²) in [5, 5.41) is 16.0. The molecular weight excluding hydrogens is 460 g/mol. The summed E-state index contributed by atoms with van der Waals surface area (Å²) < 4.78 is 1.01. The van der Waals surface area contributed by atoms with Crippen molar-refractivity contribution in [2.24, 2.45) is 0 Å². The number of imide groups is 1. The number of carbonyl (C=O) groups excluding carboxylic acids is 3. The maximum absolute atomic E-state index is 13.0. The summed E-state index contributed by atoms with van der Waals surface area (Å²) in [6, 6.07) is 21.2. The maximum atomic E-state index is 13.0. The van der Waals surface area contributed by atoms with E-state index in [1.54, 1.807) is 18.2 Å². The number of nitrogens with zero attached hydrogens (tertiary/aromatic N) is 3. The van der Waals surface area contributed by atoms with Crippen molar-refractivity contribution in [1.29, 1.82) is 0 Å². The molecule has 36 heavy (non-hydrogen) atoms. The monoisotopic (exact) mass is 482 g/mol. The van der Waals surface area contributed by atoms with Crippen molar-refractivity contribution in [1.82, 2.24) is 25.6 Å². The molecule has 4 amide bonds. The Morgan fingerprint density at radius 2 is 1.72 bits per heavy atom. The SMILES string of the molecule is O=C1CCC(n2nnc3ccc(CNC(=O)Nc4ccc(-c5ccccc5)cc4)cc3c2=O)C(=O)N1. The molecule has 3 N–H and O–H groups in total. The highest BCUT2D eigenvalue weighted by molar-refractivity contribution is 5.99. The topological polar surface area (TPSA) is 135 Å². The molecule has 0 saturated carbocycles. The van der Waals surface area contributed by atoms with Gasteiger partial charge in [-0.25, -0.2) is 4.79 Å². The van der Waals surface area contributed by atoms with E-state index in [0.717, 1.165) is 15.8 Å². The molecule has 1 aliphatic heterocycles. The quantitative estimate of drug-likeness (QED) is 0.375. The highest BCUT2D eigenvalue weighted by Gasteiger charge is 2.30. The van der Waals surface area contributed by atoms with Gasteiger partial charge in [-0.15, -0.1) is 5.10 Å². The first-order valence-corrected chi connectivity index (χ1v) is 11.4. The smallest absolute Gasteiger partial charge is 0.319 e. The van der Waals surface area contributed by atoms with Gasteiger partial charge < -0.3 is 10.6 Å². The Kier molecular flexibility index (Phi) is 6.23. The predicted octanol–water partition coefficient (Wildman–Crippen LogP) is 2.76. The number of aromatic nitrogens is 3. The van der Waals surface area contributed by atoms with Crippen molar-refractivity contribution in [2.45, 2.75) is 25.4 Å². The zero-order valence-corrected chi connectivity index (χ0v) is 19.1. The molecule has 0 spiro atoms. The number of anilines is 1. The Labute approximate surface area is 205 Å². The van der Waals surface area contributed by atoms with Gasteiger partial charge in [-0.3, -0.25) is 19.7 Å². The zero-order chi connectivity index (χ0) is 25.1. The molecule has 0 aliphatic carbocycles. The van der Waals surface area contributed by atoms with Crippen molar-refractivity contribution in [3.63, 3.8) is 0 Å². The first kappa shape index (κ1) is 22.9. The lowest BCUT2D eigenvalue weighted by Crippen LogP contribution is -2.45. The molecule has 1 aromatic heterocycles. The minimum atomic E-state index is -0.895. The van der Waals surface area contributed by atoms with E-state index in [1.807, 2.05) is 54.6 Å². The van der Waals surface area contributed by atoms with Crippen LogP contribution in [0.25, 0.3) is 22.0 Å². The van der Waals surface area contributed by atoms with Crippen molar-refractivity contribution in [3.05, 3.63) is 88.7 Å². The van der Waals surface area contributed by atoms with Crippen LogP contribution in [0.4, 0.5) is 10.5 Å². The van der Waals surface area contributed by atoms with Crippen LogP contribution < -0.4 is 21.5 Å². The van der Waals surface area contributed by atoms with Gasteiger partial charge in [0.1, 0.15) is 11.6 Å². The first-order valence-electron chi connectivity index (χ1n) is 11.4. The van der Waals surface area contributed by atoms with Crippen LogP contribution in [0.2, 0.25) is 0 Å². The van der Waals surface area contributed by atoms with Gasteiger partial charge in [0.05, 0.1) is 5.39 Å². The third-order valence-electron chi connectivity index (χ3n) is 5.96. The van der Waals surface area contributed by atoms with Crippen molar-refractivity contribution in [2.75, 3.05) is 5.32 Å². The molecule has 5 rings (SSSR count). The van der Waals surface area contributed by atoms with Gasteiger partial charge in [-0.05, 0) is 47.4 Å². The molecule has 1 aliphatic rings. The molecule has 0 radical (unpaired) electrons. The molecule has 2 heterocycles. The first-order chi connectivity index (χ1) is 17.5. The van der Waals surface area contributed by atoms with Crippen molar-refractivity contribution < 1.29 is 14.4 Å². The summed E-state index contributed by atoms with van der Waals surface area (Å²) >= 11 is 0. The highest BCUT2D eigenvalue weighted by Crippen LogP contribution is 2.21. The minimum absolute atomic E-state index is 0.122. The van der Waals surface area contributed by atoms with Crippen LogP contribution in [0.3, 0.4) is 0 Å². The predicted molar refractivity (Wildman–Crippen MR) is 133 cm³/mol. The molecular formula is C26H22N6O4. The summed E-state index contributed by atoms with van der Waals surface area (Å²) in [5.74, 6) is -0.954. The van der Waals surface area contributed by atoms with E-state index in [9.17, 15) is 19.2 Å². The zero-order valence-electron chi connectivity index (χ0n) is 19.1. The van der Waals surface area contributed by atoms with Crippen LogP contribution >= 0.6 is 0 Å². The normalized spacial score (nSPS) is 15.4. The van der Waals surface area contributed by atoms with Crippen LogP contribution in [0.5, 0.6) is 0 Å². The second kappa shape index (κ2) is 9.79. The van der Waals surface area contributed by atoms with Crippen molar-refractivity contribution >= 4 is 34.4 Å². The van der Waals surface area contributed by atoms with E-state index in [-0.39, 0.29) is 30.7 Å². The molecule has 4 aromatic rings. The van der Waals surface area contributed by atoms with Gasteiger partial charge in [0.25, 0.3) is 11.5 Å². The highest BCUT2D eigenvalue weighted by atomic mass is 16.2. The van der Waals surface area contributed by atoms with Gasteiger partial charge in [0.15, 0.2) is 0 Å². The number of rotatable bonds is 5. The Bertz CT molecular complexity index is 1520. The number of hydrogen-bond donors (Lipinski definition) is 3. The van der Waals surface area contributed by atoms with Crippen LogP contribution in [0, 0.1) is 0 Å². The Balaban J connectivity index is 1.26. The number of hydrogen-bond acceptors (Lipinski definition) is 6. The summed E-state index contributed by atoms with van der Waals surface area (Å²) in [4.78, 5) is 49.0. The number of carbonyl (C=O) groups is 3. The average molecular weight is 483 g/mol. The number of amides is 4. The van der Waals surface area contributed by atoms with Gasteiger partial charge in [-0.1, -0.05) is 53.7 Å². The molecule has 1 saturated heterocycles. The maximum Gasteiger partial charge on any atom is 0.319 e. The van der Waals surface area contributed by atoms with E-state index < -0.39 is 23.5 Å². The minimum Gasteiger partial charge on any atom is -0.334 e. The lowest BCUT2D eigenvalue weighted by Gasteiger charge is -2.21. The van der Waals surface area contributed by atoms with Crippen LogP contribution in [0.15, 0.2) is 77.6 Å². The molecule has 3 aromatic carbocycles. The van der Waals surface area contributed by atoms with Gasteiger partial charge in [-0.2, -0.15) is 4.68 Å². The van der Waals surface area contributed by atoms with Crippen LogP contribution in [0.1, 0.15) is 24.4 Å². The van der Waals surface area contributed by atoms with E-state index in [4.69, 9.17) is 0 Å². The third kappa shape index (κ3) is 4.83. The van der Waals surface area contributed by atoms with Crippen LogP contribution in [-0.4, -0.2) is 32.8 Å². The van der Waals surface area contributed by atoms with Gasteiger partial charge >= 0.3 is 6.03 Å². The summed E-state index contributed by atoms with van der Waals surface area (Å²) in [5.41, 5.74) is 3.34.